The fraction of sp³-hybridized carbons (Fsp3) is 0.444. The van der Waals surface area contributed by atoms with Crippen LogP contribution in [0.5, 0.6) is 5.75 Å². The van der Waals surface area contributed by atoms with E-state index in [4.69, 9.17) is 4.74 Å². The quantitative estimate of drug-likeness (QED) is 0.863. The monoisotopic (exact) mass is 382 g/mol. The van der Waals surface area contributed by atoms with E-state index in [9.17, 15) is 9.18 Å². The van der Waals surface area contributed by atoms with Gasteiger partial charge in [-0.05, 0) is 31.9 Å². The number of likely N-dealkylation sites (tertiary alicyclic amines) is 1. The minimum Gasteiger partial charge on any atom is -0.490 e. The first-order valence-electron chi connectivity index (χ1n) is 8.44. The molecule has 1 amide bonds. The van der Waals surface area contributed by atoms with Crippen LogP contribution >= 0.6 is 12.4 Å². The number of aromatic nitrogens is 2. The second-order valence-electron chi connectivity index (χ2n) is 6.39. The maximum Gasteiger partial charge on any atom is 0.239 e. The Kier molecular flexibility index (Phi) is 6.99. The number of amides is 1. The summed E-state index contributed by atoms with van der Waals surface area (Å²) in [6.45, 7) is 3.82. The molecule has 1 aromatic carbocycles. The highest BCUT2D eigenvalue weighted by atomic mass is 35.5. The van der Waals surface area contributed by atoms with Gasteiger partial charge in [0.1, 0.15) is 17.7 Å². The molecule has 1 fully saturated rings. The van der Waals surface area contributed by atoms with Crippen molar-refractivity contribution < 1.29 is 13.9 Å². The average Bonchev–Trinajstić information content (AvgIpc) is 2.87. The van der Waals surface area contributed by atoms with Gasteiger partial charge in [0.2, 0.25) is 5.91 Å². The maximum atomic E-state index is 13.2. The van der Waals surface area contributed by atoms with E-state index in [1.165, 1.54) is 12.1 Å². The van der Waals surface area contributed by atoms with Crippen LogP contribution in [0.4, 0.5) is 10.2 Å². The van der Waals surface area contributed by atoms with E-state index in [2.05, 4.69) is 15.3 Å². The molecule has 0 aliphatic carbocycles. The third kappa shape index (κ3) is 5.44. The normalized spacial score (nSPS) is 15.3. The number of halogens is 2. The summed E-state index contributed by atoms with van der Waals surface area (Å²) in [4.78, 5) is 14.2. The Morgan fingerprint density at radius 3 is 2.69 bits per heavy atom. The van der Waals surface area contributed by atoms with Gasteiger partial charge in [-0.25, -0.2) is 4.39 Å². The van der Waals surface area contributed by atoms with Crippen molar-refractivity contribution in [2.24, 2.45) is 7.05 Å². The Hall–Kier alpha value is -2.12. The Bertz CT molecular complexity index is 725. The number of hydrogen-bond acceptors (Lipinski definition) is 4. The summed E-state index contributed by atoms with van der Waals surface area (Å²) < 4.78 is 20.7. The van der Waals surface area contributed by atoms with Crippen molar-refractivity contribution in [1.29, 1.82) is 0 Å². The zero-order valence-corrected chi connectivity index (χ0v) is 15.8. The summed E-state index contributed by atoms with van der Waals surface area (Å²) in [7, 11) is 1.84. The molecule has 2 heterocycles. The van der Waals surface area contributed by atoms with E-state index < -0.39 is 0 Å². The lowest BCUT2D eigenvalue weighted by molar-refractivity contribution is -0.117. The standard InChI is InChI=1S/C18H23FN4O2.ClH/c1-13-10-17(21-22(13)2)20-18(24)12-23-8-6-15(7-9-23)25-16-5-3-4-14(19)11-16;/h3-5,10-11,15H,6-9,12H2,1-2H3,(H,20,21,24);1H. The number of ether oxygens (including phenoxy) is 1. The summed E-state index contributed by atoms with van der Waals surface area (Å²) >= 11 is 0. The number of benzene rings is 1. The molecule has 0 saturated carbocycles. The van der Waals surface area contributed by atoms with Gasteiger partial charge in [0.15, 0.2) is 5.82 Å². The van der Waals surface area contributed by atoms with Crippen molar-refractivity contribution in [3.8, 4) is 5.75 Å². The summed E-state index contributed by atoms with van der Waals surface area (Å²) in [5, 5.41) is 7.05. The van der Waals surface area contributed by atoms with Gasteiger partial charge in [0, 0.05) is 38.0 Å². The maximum absolute atomic E-state index is 13.2. The Balaban J connectivity index is 0.00000243. The summed E-state index contributed by atoms with van der Waals surface area (Å²) in [5.41, 5.74) is 0.991. The lowest BCUT2D eigenvalue weighted by atomic mass is 10.1. The predicted molar refractivity (Wildman–Crippen MR) is 100 cm³/mol. The lowest BCUT2D eigenvalue weighted by Gasteiger charge is -2.31. The molecular weight excluding hydrogens is 359 g/mol. The molecule has 2 aromatic rings. The van der Waals surface area contributed by atoms with Crippen LogP contribution in [0.1, 0.15) is 18.5 Å². The van der Waals surface area contributed by atoms with Gasteiger partial charge >= 0.3 is 0 Å². The zero-order chi connectivity index (χ0) is 17.8. The number of aryl methyl sites for hydroxylation is 2. The zero-order valence-electron chi connectivity index (χ0n) is 14.9. The highest BCUT2D eigenvalue weighted by Gasteiger charge is 2.22. The van der Waals surface area contributed by atoms with Gasteiger partial charge in [-0.1, -0.05) is 6.07 Å². The largest absolute Gasteiger partial charge is 0.490 e. The smallest absolute Gasteiger partial charge is 0.239 e. The Morgan fingerprint density at radius 2 is 2.08 bits per heavy atom. The van der Waals surface area contributed by atoms with Crippen molar-refractivity contribution in [2.45, 2.75) is 25.9 Å². The number of nitrogens with one attached hydrogen (secondary N) is 1. The van der Waals surface area contributed by atoms with Gasteiger partial charge < -0.3 is 10.1 Å². The molecule has 26 heavy (non-hydrogen) atoms. The molecule has 8 heteroatoms. The van der Waals surface area contributed by atoms with Crippen LogP contribution in [0.3, 0.4) is 0 Å². The minimum absolute atomic E-state index is 0. The molecule has 1 aromatic heterocycles. The molecule has 1 aliphatic heterocycles. The average molecular weight is 383 g/mol. The van der Waals surface area contributed by atoms with Crippen molar-refractivity contribution in [1.82, 2.24) is 14.7 Å². The number of rotatable bonds is 5. The Morgan fingerprint density at radius 1 is 1.35 bits per heavy atom. The summed E-state index contributed by atoms with van der Waals surface area (Å²) in [5.74, 6) is 0.773. The SMILES string of the molecule is Cc1cc(NC(=O)CN2CCC(Oc3cccc(F)c3)CC2)nn1C.Cl. The molecule has 1 N–H and O–H groups in total. The van der Waals surface area contributed by atoms with Crippen LogP contribution in [-0.2, 0) is 11.8 Å². The molecule has 0 atom stereocenters. The molecule has 6 nitrogen and oxygen atoms in total. The minimum atomic E-state index is -0.295. The molecule has 142 valence electrons. The van der Waals surface area contributed by atoms with Crippen molar-refractivity contribution in [3.63, 3.8) is 0 Å². The number of carbonyl (C=O) groups is 1. The Labute approximate surface area is 158 Å². The fourth-order valence-electron chi connectivity index (χ4n) is 2.93. The van der Waals surface area contributed by atoms with E-state index in [0.29, 0.717) is 18.1 Å². The van der Waals surface area contributed by atoms with E-state index >= 15 is 0 Å². The molecule has 1 saturated heterocycles. The summed E-state index contributed by atoms with van der Waals surface area (Å²) in [6, 6.07) is 8.05. The first-order valence-corrected chi connectivity index (χ1v) is 8.44. The first-order chi connectivity index (χ1) is 12.0. The molecule has 0 radical (unpaired) electrons. The van der Waals surface area contributed by atoms with Gasteiger partial charge in [0.25, 0.3) is 0 Å². The van der Waals surface area contributed by atoms with Crippen LogP contribution in [0, 0.1) is 12.7 Å². The van der Waals surface area contributed by atoms with Crippen LogP contribution in [0.25, 0.3) is 0 Å². The van der Waals surface area contributed by atoms with Crippen LogP contribution < -0.4 is 10.1 Å². The molecule has 0 bridgehead atoms. The fourth-order valence-corrected chi connectivity index (χ4v) is 2.93. The summed E-state index contributed by atoms with van der Waals surface area (Å²) in [6.07, 6.45) is 1.68. The number of hydrogen-bond donors (Lipinski definition) is 1. The van der Waals surface area contributed by atoms with Crippen molar-refractivity contribution in [2.75, 3.05) is 25.0 Å². The van der Waals surface area contributed by atoms with E-state index in [1.807, 2.05) is 20.0 Å². The van der Waals surface area contributed by atoms with Gasteiger partial charge in [-0.3, -0.25) is 14.4 Å². The molecule has 0 unspecified atom stereocenters. The topological polar surface area (TPSA) is 59.4 Å². The highest BCUT2D eigenvalue weighted by molar-refractivity contribution is 5.91. The predicted octanol–water partition coefficient (Wildman–Crippen LogP) is 2.77. The van der Waals surface area contributed by atoms with E-state index in [0.717, 1.165) is 31.6 Å². The second kappa shape index (κ2) is 9.00. The van der Waals surface area contributed by atoms with E-state index in [1.54, 1.807) is 16.8 Å². The molecule has 0 spiro atoms. The second-order valence-corrected chi connectivity index (χ2v) is 6.39. The molecular formula is C18H24ClFN4O2. The van der Waals surface area contributed by atoms with Crippen molar-refractivity contribution in [3.05, 3.63) is 41.8 Å². The molecule has 3 rings (SSSR count). The van der Waals surface area contributed by atoms with Crippen molar-refractivity contribution >= 4 is 24.1 Å². The third-order valence-electron chi connectivity index (χ3n) is 4.38. The van der Waals surface area contributed by atoms with E-state index in [-0.39, 0.29) is 30.2 Å². The number of piperidine rings is 1. The third-order valence-corrected chi connectivity index (χ3v) is 4.38. The van der Waals surface area contributed by atoms with Crippen LogP contribution in [-0.4, -0.2) is 46.3 Å². The van der Waals surface area contributed by atoms with Gasteiger partial charge in [-0.15, -0.1) is 12.4 Å². The number of anilines is 1. The lowest BCUT2D eigenvalue weighted by Crippen LogP contribution is -2.42. The van der Waals surface area contributed by atoms with Crippen LogP contribution in [0.15, 0.2) is 30.3 Å². The highest BCUT2D eigenvalue weighted by Crippen LogP contribution is 2.19. The molecule has 1 aliphatic rings. The van der Waals surface area contributed by atoms with Gasteiger partial charge in [-0.2, -0.15) is 5.10 Å². The van der Waals surface area contributed by atoms with Crippen LogP contribution in [0.2, 0.25) is 0 Å². The number of nitrogens with zero attached hydrogens (tertiary/aromatic N) is 3. The number of carbonyl (C=O) groups excluding carboxylic acids is 1. The first kappa shape index (κ1) is 20.2. The van der Waals surface area contributed by atoms with Gasteiger partial charge in [0.05, 0.1) is 6.54 Å².